The van der Waals surface area contributed by atoms with Crippen molar-refractivity contribution in [2.24, 2.45) is 0 Å². The van der Waals surface area contributed by atoms with Gasteiger partial charge in [-0.25, -0.2) is 0 Å². The molecule has 1 amide bonds. The first-order valence-electron chi connectivity index (χ1n) is 3.06. The average molecular weight is 256 g/mol. The van der Waals surface area contributed by atoms with Gasteiger partial charge in [0.15, 0.2) is 0 Å². The maximum atomic E-state index is 10.9. The van der Waals surface area contributed by atoms with Gasteiger partial charge in [0, 0.05) is 0 Å². The Kier molecular flexibility index (Phi) is 5.96. The van der Waals surface area contributed by atoms with Gasteiger partial charge in [0.2, 0.25) is 0 Å². The summed E-state index contributed by atoms with van der Waals surface area (Å²) >= 11 is 0.952. The van der Waals surface area contributed by atoms with Crippen LogP contribution in [0, 0.1) is 0 Å². The predicted octanol–water partition coefficient (Wildman–Crippen LogP) is -3.43. The van der Waals surface area contributed by atoms with Crippen molar-refractivity contribution in [2.75, 3.05) is 4.43 Å². The van der Waals surface area contributed by atoms with E-state index in [1.165, 1.54) is 0 Å². The molecule has 9 heavy (non-hydrogen) atoms. The summed E-state index contributed by atoms with van der Waals surface area (Å²) in [5.41, 5.74) is 0. The van der Waals surface area contributed by atoms with Gasteiger partial charge in [-0.3, -0.25) is 0 Å². The summed E-state index contributed by atoms with van der Waals surface area (Å²) in [6.07, 6.45) is 0. The second-order valence-electron chi connectivity index (χ2n) is 2.01. The Bertz CT molecular complexity index is 97.0. The molecule has 0 fully saturated rings. The third-order valence-corrected chi connectivity index (χ3v) is 3.02. The number of halogens is 1. The number of carbonyl (C=O) groups excluding carboxylic acids is 1. The third-order valence-electron chi connectivity index (χ3n) is 0.818. The molecule has 0 heterocycles. The van der Waals surface area contributed by atoms with Crippen molar-refractivity contribution >= 4 is 22.2 Å². The molecule has 0 radical (unpaired) electrons. The van der Waals surface area contributed by atoms with Crippen LogP contribution in [0.5, 0.6) is 0 Å². The molecule has 0 aromatic rings. The van der Waals surface area contributed by atoms with E-state index in [9.17, 15) is 4.79 Å². The summed E-state index contributed by atoms with van der Waals surface area (Å²) in [7, 11) is 0. The molecule has 0 unspecified atom stereocenters. The number of rotatable bonds is 3. The Morgan fingerprint density at radius 2 is 2.44 bits per heavy atom. The number of hydrogen-bond acceptors (Lipinski definition) is 1. The second kappa shape index (κ2) is 5.51. The number of amides is 1. The van der Waals surface area contributed by atoms with Gasteiger partial charge in [0.1, 0.15) is 0 Å². The molecule has 0 aliphatic carbocycles. The van der Waals surface area contributed by atoms with E-state index in [-0.39, 0.29) is 32.2 Å². The Balaban J connectivity index is 3.28. The molecule has 0 aromatic carbocycles. The number of nitrogens with one attached hydrogen (secondary N) is 1. The van der Waals surface area contributed by atoms with Gasteiger partial charge in [0.25, 0.3) is 0 Å². The second-order valence-corrected chi connectivity index (χ2v) is 6.57. The van der Waals surface area contributed by atoms with Crippen LogP contribution in [0.1, 0.15) is 13.8 Å². The Hall–Kier alpha value is 0.732. The van der Waals surface area contributed by atoms with E-state index >= 15 is 0 Å². The van der Waals surface area contributed by atoms with E-state index in [1.54, 1.807) is 0 Å². The van der Waals surface area contributed by atoms with Crippen molar-refractivity contribution in [1.29, 1.82) is 0 Å². The normalized spacial score (nSPS) is 13.1. The summed E-state index contributed by atoms with van der Waals surface area (Å²) in [6.45, 7) is 4.08. The van der Waals surface area contributed by atoms with Crippen LogP contribution >= 0.6 is 0 Å². The van der Waals surface area contributed by atoms with Crippen molar-refractivity contribution in [3.05, 3.63) is 0 Å². The van der Waals surface area contributed by atoms with Crippen LogP contribution in [0.2, 0.25) is 4.78 Å². The Labute approximate surface area is 74.8 Å². The molecular formula is C5H12AlINO-. The van der Waals surface area contributed by atoms with E-state index < -0.39 is 0 Å². The van der Waals surface area contributed by atoms with Gasteiger partial charge in [-0.2, -0.15) is 0 Å². The zero-order valence-electron chi connectivity index (χ0n) is 6.07. The van der Waals surface area contributed by atoms with Gasteiger partial charge in [0.05, 0.1) is 0 Å². The van der Waals surface area contributed by atoms with E-state index in [4.69, 9.17) is 0 Å². The summed E-state index contributed by atoms with van der Waals surface area (Å²) in [5, 5.41) is 0. The maximum absolute atomic E-state index is 10.9. The van der Waals surface area contributed by atoms with Crippen molar-refractivity contribution < 1.29 is 26.3 Å². The molecule has 0 rings (SSSR count). The molecular weight excluding hydrogens is 244 g/mol. The van der Waals surface area contributed by atoms with Gasteiger partial charge in [-0.15, -0.1) is 0 Å². The van der Waals surface area contributed by atoms with Crippen LogP contribution in [-0.2, 0) is 4.79 Å². The van der Waals surface area contributed by atoms with E-state index in [0.717, 1.165) is 20.7 Å². The molecule has 0 saturated carbocycles. The zero-order valence-corrected chi connectivity index (χ0v) is 10.2. The van der Waals surface area contributed by atoms with Gasteiger partial charge in [-0.1, -0.05) is 0 Å². The van der Waals surface area contributed by atoms with E-state index in [1.807, 2.05) is 6.92 Å². The average Bonchev–Trinajstić information content (AvgIpc) is 1.82. The number of carbonyl (C=O) groups is 1. The summed E-state index contributed by atoms with van der Waals surface area (Å²) in [4.78, 5) is 10.9. The van der Waals surface area contributed by atoms with Crippen LogP contribution < -0.4 is 25.0 Å². The third kappa shape index (κ3) is 5.19. The quantitative estimate of drug-likeness (QED) is 0.242. The molecule has 1 atom stereocenters. The fraction of sp³-hybridized carbons (Fsp3) is 0.800. The molecule has 0 spiro atoms. The SMILES string of the molecule is CC[I-]NC(=O)[C@H](C)[AlH2]. The van der Waals surface area contributed by atoms with E-state index in [0.29, 0.717) is 0 Å². The molecule has 0 aromatic heterocycles. The van der Waals surface area contributed by atoms with Crippen LogP contribution in [0.25, 0.3) is 0 Å². The molecule has 1 N–H and O–H groups in total. The van der Waals surface area contributed by atoms with Crippen LogP contribution in [-0.4, -0.2) is 26.6 Å². The standard InChI is InChI=1S/C5H10INO.Al.2H/c1-3-5(8)7-6-4-2;;;/h3H,4H2,1-2H3,(H,7,8);;;/q-1;;;. The van der Waals surface area contributed by atoms with Crippen molar-refractivity contribution in [2.45, 2.75) is 18.6 Å². The molecule has 0 aliphatic rings. The summed E-state index contributed by atoms with van der Waals surface area (Å²) in [5.74, 6) is 0.260. The molecule has 54 valence electrons. The van der Waals surface area contributed by atoms with Gasteiger partial charge >= 0.3 is 75.1 Å². The molecule has 0 aliphatic heterocycles. The molecule has 2 nitrogen and oxygen atoms in total. The monoisotopic (exact) mass is 256 g/mol. The van der Waals surface area contributed by atoms with Crippen molar-refractivity contribution in [3.63, 3.8) is 0 Å². The first kappa shape index (κ1) is 9.73. The Morgan fingerprint density at radius 1 is 1.89 bits per heavy atom. The fourth-order valence-electron chi connectivity index (χ4n) is 0.242. The van der Waals surface area contributed by atoms with Crippen molar-refractivity contribution in [1.82, 2.24) is 3.53 Å². The fourth-order valence-corrected chi connectivity index (χ4v) is 2.35. The van der Waals surface area contributed by atoms with Crippen LogP contribution in [0.15, 0.2) is 0 Å². The zero-order chi connectivity index (χ0) is 7.28. The summed E-state index contributed by atoms with van der Waals surface area (Å²) in [6, 6.07) is 0. The predicted molar refractivity (Wildman–Crippen MR) is 36.7 cm³/mol. The number of alkyl halides is 1. The van der Waals surface area contributed by atoms with Crippen LogP contribution in [0.3, 0.4) is 0 Å². The molecule has 0 saturated heterocycles. The Morgan fingerprint density at radius 3 is 2.78 bits per heavy atom. The van der Waals surface area contributed by atoms with E-state index in [2.05, 4.69) is 10.5 Å². The number of hydrogen-bond donors (Lipinski definition) is 1. The topological polar surface area (TPSA) is 29.1 Å². The minimum atomic E-state index is -0.0232. The van der Waals surface area contributed by atoms with Crippen LogP contribution in [0.4, 0.5) is 0 Å². The first-order valence-corrected chi connectivity index (χ1v) is 6.82. The van der Waals surface area contributed by atoms with Gasteiger partial charge in [-0.05, 0) is 0 Å². The van der Waals surface area contributed by atoms with Gasteiger partial charge < -0.3 is 0 Å². The van der Waals surface area contributed by atoms with Crippen molar-refractivity contribution in [3.8, 4) is 0 Å². The molecule has 4 heteroatoms. The minimum absolute atomic E-state index is 0.0232. The first-order chi connectivity index (χ1) is 4.18. The summed E-state index contributed by atoms with van der Waals surface area (Å²) < 4.78 is 4.36. The molecule has 0 bridgehead atoms.